The van der Waals surface area contributed by atoms with Crippen molar-refractivity contribution in [2.24, 2.45) is 0 Å². The Morgan fingerprint density at radius 1 is 1.06 bits per heavy atom. The molecule has 0 aromatic heterocycles. The molecular formula is C6H13BaO9P. The molecule has 0 rings (SSSR count). The summed E-state index contributed by atoms with van der Waals surface area (Å²) < 4.78 is 13.7. The van der Waals surface area contributed by atoms with Crippen LogP contribution in [0.15, 0.2) is 0 Å². The van der Waals surface area contributed by atoms with E-state index in [2.05, 4.69) is 4.52 Å². The third-order valence-corrected chi connectivity index (χ3v) is 2.19. The van der Waals surface area contributed by atoms with Gasteiger partial charge in [-0.2, -0.15) is 0 Å². The van der Waals surface area contributed by atoms with Gasteiger partial charge in [0.15, 0.2) is 0 Å². The van der Waals surface area contributed by atoms with E-state index in [0.717, 1.165) is 0 Å². The smallest absolute Gasteiger partial charge is 0.790 e. The first-order chi connectivity index (χ1) is 7.19. The van der Waals surface area contributed by atoms with Gasteiger partial charge in [-0.3, -0.25) is 0 Å². The van der Waals surface area contributed by atoms with E-state index in [-0.39, 0.29) is 48.9 Å². The van der Waals surface area contributed by atoms with E-state index in [0.29, 0.717) is 0 Å². The first-order valence-corrected chi connectivity index (χ1v) is 5.65. The maximum Gasteiger partial charge on any atom is 2.00 e. The van der Waals surface area contributed by atoms with Crippen LogP contribution in [0.5, 0.6) is 0 Å². The molecule has 0 amide bonds. The molecule has 4 unspecified atom stereocenters. The summed E-state index contributed by atoms with van der Waals surface area (Å²) in [5.74, 6) is 0. The minimum absolute atomic E-state index is 0. The molecule has 17 heavy (non-hydrogen) atoms. The summed E-state index contributed by atoms with van der Waals surface area (Å²) in [5.41, 5.74) is 0. The number of hydrogen-bond donors (Lipinski definition) is 5. The number of phosphoric ester groups is 1. The molecule has 0 aliphatic carbocycles. The zero-order valence-corrected chi connectivity index (χ0v) is 14.1. The largest absolute Gasteiger partial charge is 2.00 e. The Morgan fingerprint density at radius 3 is 1.82 bits per heavy atom. The van der Waals surface area contributed by atoms with Crippen LogP contribution in [-0.4, -0.2) is 112 Å². The maximum absolute atomic E-state index is 10.0. The average molecular weight is 397 g/mol. The molecule has 0 heterocycles. The monoisotopic (exact) mass is 398 g/mol. The normalized spacial score (nSPS) is 19.0. The average Bonchev–Trinajstić information content (AvgIpc) is 2.21. The minimum atomic E-state index is -5.28. The van der Waals surface area contributed by atoms with Crippen LogP contribution in [0.4, 0.5) is 0 Å². The van der Waals surface area contributed by atoms with Gasteiger partial charge in [0, 0.05) is 0 Å². The summed E-state index contributed by atoms with van der Waals surface area (Å²) in [7, 11) is -5.28. The van der Waals surface area contributed by atoms with Crippen molar-refractivity contribution >= 4 is 56.7 Å². The second-order valence-electron chi connectivity index (χ2n) is 3.04. The Hall–Kier alpha value is 1.48. The van der Waals surface area contributed by atoms with Gasteiger partial charge in [0.05, 0.1) is 21.0 Å². The van der Waals surface area contributed by atoms with E-state index < -0.39 is 45.5 Å². The van der Waals surface area contributed by atoms with Crippen LogP contribution in [0.3, 0.4) is 0 Å². The fourth-order valence-corrected chi connectivity index (χ4v) is 1.16. The third-order valence-electron chi connectivity index (χ3n) is 1.73. The molecule has 5 N–H and O–H groups in total. The third kappa shape index (κ3) is 9.08. The van der Waals surface area contributed by atoms with E-state index >= 15 is 0 Å². The van der Waals surface area contributed by atoms with Crippen LogP contribution in [0, 0.1) is 0 Å². The Morgan fingerprint density at radius 2 is 1.47 bits per heavy atom. The van der Waals surface area contributed by atoms with Gasteiger partial charge < -0.3 is 44.4 Å². The first kappa shape index (κ1) is 20.8. The Labute approximate surface area is 137 Å². The molecule has 0 aliphatic heterocycles. The van der Waals surface area contributed by atoms with Crippen molar-refractivity contribution < 1.29 is 44.4 Å². The predicted octanol–water partition coefficient (Wildman–Crippen LogP) is -5.11. The van der Waals surface area contributed by atoms with Crippen LogP contribution < -0.4 is 9.79 Å². The van der Waals surface area contributed by atoms with Crippen LogP contribution in [0.1, 0.15) is 0 Å². The van der Waals surface area contributed by atoms with Crippen LogP contribution in [0.25, 0.3) is 0 Å². The molecule has 9 nitrogen and oxygen atoms in total. The molecule has 0 bridgehead atoms. The van der Waals surface area contributed by atoms with Gasteiger partial charge in [0.2, 0.25) is 0 Å². The fourth-order valence-electron chi connectivity index (χ4n) is 0.829. The Kier molecular flexibility index (Phi) is 11.5. The predicted molar refractivity (Wildman–Crippen MR) is 50.4 cm³/mol. The second kappa shape index (κ2) is 9.40. The molecule has 0 aromatic rings. The van der Waals surface area contributed by atoms with Crippen molar-refractivity contribution in [3.8, 4) is 0 Å². The van der Waals surface area contributed by atoms with Crippen molar-refractivity contribution in [1.29, 1.82) is 0 Å². The van der Waals surface area contributed by atoms with Gasteiger partial charge in [-0.25, -0.2) is 0 Å². The topological polar surface area (TPSA) is 174 Å². The van der Waals surface area contributed by atoms with Crippen molar-refractivity contribution in [3.63, 3.8) is 0 Å². The number of hydrogen-bond acceptors (Lipinski definition) is 9. The standard InChI is InChI=1S/C6H15O9P.Ba/c7-1-3(8)5(10)6(11)4(9)2-15-16(12,13)14;/h3-11H,1-2H2,(H2,12,13,14);/q;+2/p-2. The van der Waals surface area contributed by atoms with E-state index in [1.807, 2.05) is 0 Å². The quantitative estimate of drug-likeness (QED) is 0.208. The molecular weight excluding hydrogens is 384 g/mol. The van der Waals surface area contributed by atoms with E-state index in [1.54, 1.807) is 0 Å². The summed E-state index contributed by atoms with van der Waals surface area (Å²) in [6.45, 7) is -1.92. The van der Waals surface area contributed by atoms with Gasteiger partial charge in [-0.05, 0) is 0 Å². The molecule has 0 aliphatic rings. The number of aliphatic hydroxyl groups is 5. The fraction of sp³-hybridized carbons (Fsp3) is 1.00. The number of aliphatic hydroxyl groups excluding tert-OH is 5. The van der Waals surface area contributed by atoms with Gasteiger partial charge in [0.1, 0.15) is 24.4 Å². The molecule has 11 heteroatoms. The molecule has 0 radical (unpaired) electrons. The zero-order chi connectivity index (χ0) is 12.9. The summed E-state index contributed by atoms with van der Waals surface area (Å²) >= 11 is 0. The summed E-state index contributed by atoms with van der Waals surface area (Å²) in [6, 6.07) is 0. The van der Waals surface area contributed by atoms with Crippen molar-refractivity contribution in [3.05, 3.63) is 0 Å². The second-order valence-corrected chi connectivity index (χ2v) is 4.19. The van der Waals surface area contributed by atoms with Gasteiger partial charge in [-0.15, -0.1) is 0 Å². The van der Waals surface area contributed by atoms with Gasteiger partial charge >= 0.3 is 48.9 Å². The zero-order valence-electron chi connectivity index (χ0n) is 8.75. The molecule has 4 atom stereocenters. The van der Waals surface area contributed by atoms with E-state index in [1.165, 1.54) is 0 Å². The summed E-state index contributed by atoms with van der Waals surface area (Å²) in [6.07, 6.45) is -7.47. The van der Waals surface area contributed by atoms with Gasteiger partial charge in [0.25, 0.3) is 0 Å². The van der Waals surface area contributed by atoms with Crippen molar-refractivity contribution in [2.75, 3.05) is 13.2 Å². The summed E-state index contributed by atoms with van der Waals surface area (Å²) in [4.78, 5) is 20.0. The Bertz CT molecular complexity index is 246. The van der Waals surface area contributed by atoms with E-state index in [9.17, 15) is 14.4 Å². The number of phosphoric acid groups is 1. The molecule has 98 valence electrons. The van der Waals surface area contributed by atoms with E-state index in [4.69, 9.17) is 25.5 Å². The SMILES string of the molecule is O=P([O-])([O-])OCC(O)C(O)C(O)C(O)CO.[Ba+2]. The van der Waals surface area contributed by atoms with Crippen molar-refractivity contribution in [1.82, 2.24) is 0 Å². The minimum Gasteiger partial charge on any atom is -0.790 e. The molecule has 0 saturated heterocycles. The maximum atomic E-state index is 10.0. The van der Waals surface area contributed by atoms with Crippen LogP contribution >= 0.6 is 7.82 Å². The first-order valence-electron chi connectivity index (χ1n) is 4.18. The van der Waals surface area contributed by atoms with Crippen LogP contribution in [0.2, 0.25) is 0 Å². The van der Waals surface area contributed by atoms with Gasteiger partial charge in [-0.1, -0.05) is 0 Å². The molecule has 0 fully saturated rings. The Balaban J connectivity index is 0. The molecule has 0 aromatic carbocycles. The number of rotatable bonds is 7. The molecule has 0 saturated carbocycles. The molecule has 0 spiro atoms. The summed E-state index contributed by atoms with van der Waals surface area (Å²) in [5, 5.41) is 44.6. The van der Waals surface area contributed by atoms with Crippen molar-refractivity contribution in [2.45, 2.75) is 24.4 Å². The van der Waals surface area contributed by atoms with Crippen LogP contribution in [-0.2, 0) is 9.09 Å².